The standard InChI is InChI=1S/C19H21NO2/c1-14-4-2-5-15(12-14)16-6-3-7-17(13-16)19(22)20-10-8-18(21)9-11-20/h2-7,12-13,18,21H,8-11H2,1H3. The molecule has 2 aromatic carbocycles. The molecule has 1 saturated heterocycles. The minimum Gasteiger partial charge on any atom is -0.393 e. The number of nitrogens with zero attached hydrogens (tertiary/aromatic N) is 1. The Balaban J connectivity index is 1.83. The number of hydrogen-bond acceptors (Lipinski definition) is 2. The fraction of sp³-hybridized carbons (Fsp3) is 0.316. The monoisotopic (exact) mass is 295 g/mol. The Morgan fingerprint density at radius 1 is 1.05 bits per heavy atom. The molecule has 0 aromatic heterocycles. The van der Waals surface area contributed by atoms with Crippen molar-refractivity contribution in [3.63, 3.8) is 0 Å². The Kier molecular flexibility index (Phi) is 4.25. The van der Waals surface area contributed by atoms with E-state index in [0.717, 1.165) is 16.7 Å². The summed E-state index contributed by atoms with van der Waals surface area (Å²) in [5, 5.41) is 9.56. The number of aryl methyl sites for hydroxylation is 1. The van der Waals surface area contributed by atoms with Gasteiger partial charge in [0.25, 0.3) is 5.91 Å². The molecule has 1 aliphatic heterocycles. The van der Waals surface area contributed by atoms with Gasteiger partial charge in [0, 0.05) is 18.7 Å². The summed E-state index contributed by atoms with van der Waals surface area (Å²) in [4.78, 5) is 14.4. The normalized spacial score (nSPS) is 15.8. The molecule has 3 rings (SSSR count). The minimum absolute atomic E-state index is 0.0569. The summed E-state index contributed by atoms with van der Waals surface area (Å²) < 4.78 is 0. The van der Waals surface area contributed by atoms with E-state index in [4.69, 9.17) is 0 Å². The van der Waals surface area contributed by atoms with E-state index in [-0.39, 0.29) is 12.0 Å². The van der Waals surface area contributed by atoms with Gasteiger partial charge in [0.15, 0.2) is 0 Å². The van der Waals surface area contributed by atoms with Crippen LogP contribution in [0.25, 0.3) is 11.1 Å². The predicted octanol–water partition coefficient (Wildman–Crippen LogP) is 3.26. The first-order chi connectivity index (χ1) is 10.6. The molecule has 0 unspecified atom stereocenters. The zero-order valence-electron chi connectivity index (χ0n) is 12.8. The molecule has 3 heteroatoms. The van der Waals surface area contributed by atoms with E-state index < -0.39 is 0 Å². The highest BCUT2D eigenvalue weighted by molar-refractivity contribution is 5.95. The van der Waals surface area contributed by atoms with Gasteiger partial charge in [0.05, 0.1) is 6.10 Å². The predicted molar refractivity (Wildman–Crippen MR) is 87.8 cm³/mol. The van der Waals surface area contributed by atoms with Crippen molar-refractivity contribution in [2.45, 2.75) is 25.9 Å². The summed E-state index contributed by atoms with van der Waals surface area (Å²) in [5.41, 5.74) is 4.12. The van der Waals surface area contributed by atoms with Crippen LogP contribution >= 0.6 is 0 Å². The van der Waals surface area contributed by atoms with Crippen LogP contribution in [-0.2, 0) is 0 Å². The maximum atomic E-state index is 12.6. The van der Waals surface area contributed by atoms with Gasteiger partial charge in [-0.2, -0.15) is 0 Å². The van der Waals surface area contributed by atoms with Gasteiger partial charge < -0.3 is 10.0 Å². The molecular weight excluding hydrogens is 274 g/mol. The number of carbonyl (C=O) groups is 1. The molecule has 1 fully saturated rings. The van der Waals surface area contributed by atoms with Crippen LogP contribution in [-0.4, -0.2) is 35.1 Å². The average molecular weight is 295 g/mol. The zero-order valence-corrected chi connectivity index (χ0v) is 12.8. The SMILES string of the molecule is Cc1cccc(-c2cccc(C(=O)N3CCC(O)CC3)c2)c1. The highest BCUT2D eigenvalue weighted by Gasteiger charge is 2.22. The van der Waals surface area contributed by atoms with Gasteiger partial charge in [-0.25, -0.2) is 0 Å². The van der Waals surface area contributed by atoms with E-state index in [1.807, 2.05) is 35.2 Å². The first-order valence-corrected chi connectivity index (χ1v) is 7.78. The first-order valence-electron chi connectivity index (χ1n) is 7.78. The quantitative estimate of drug-likeness (QED) is 0.924. The maximum Gasteiger partial charge on any atom is 0.253 e. The van der Waals surface area contributed by atoms with Gasteiger partial charge in [-0.1, -0.05) is 42.0 Å². The van der Waals surface area contributed by atoms with E-state index >= 15 is 0 Å². The highest BCUT2D eigenvalue weighted by Crippen LogP contribution is 2.23. The van der Waals surface area contributed by atoms with Crippen molar-refractivity contribution in [1.29, 1.82) is 0 Å². The number of piperidine rings is 1. The molecule has 0 aliphatic carbocycles. The van der Waals surface area contributed by atoms with Crippen LogP contribution < -0.4 is 0 Å². The smallest absolute Gasteiger partial charge is 0.253 e. The second-order valence-electron chi connectivity index (χ2n) is 5.97. The third kappa shape index (κ3) is 3.20. The van der Waals surface area contributed by atoms with E-state index in [2.05, 4.69) is 25.1 Å². The van der Waals surface area contributed by atoms with E-state index in [1.165, 1.54) is 5.56 Å². The number of aliphatic hydroxyl groups is 1. The molecule has 114 valence electrons. The van der Waals surface area contributed by atoms with Crippen molar-refractivity contribution in [2.75, 3.05) is 13.1 Å². The van der Waals surface area contributed by atoms with Gasteiger partial charge >= 0.3 is 0 Å². The maximum absolute atomic E-state index is 12.6. The molecule has 0 radical (unpaired) electrons. The minimum atomic E-state index is -0.261. The number of hydrogen-bond donors (Lipinski definition) is 1. The number of rotatable bonds is 2. The lowest BCUT2D eigenvalue weighted by molar-refractivity contribution is 0.0546. The van der Waals surface area contributed by atoms with E-state index in [9.17, 15) is 9.90 Å². The summed E-state index contributed by atoms with van der Waals surface area (Å²) >= 11 is 0. The summed E-state index contributed by atoms with van der Waals surface area (Å²) in [5.74, 6) is 0.0569. The number of likely N-dealkylation sites (tertiary alicyclic amines) is 1. The second kappa shape index (κ2) is 6.32. The Hall–Kier alpha value is -2.13. The number of benzene rings is 2. The fourth-order valence-corrected chi connectivity index (χ4v) is 2.91. The number of aliphatic hydroxyl groups excluding tert-OH is 1. The van der Waals surface area contributed by atoms with Crippen molar-refractivity contribution >= 4 is 5.91 Å². The Labute approximate surface area is 131 Å². The molecule has 1 aliphatic rings. The molecule has 22 heavy (non-hydrogen) atoms. The van der Waals surface area contributed by atoms with Crippen LogP contribution in [0.3, 0.4) is 0 Å². The van der Waals surface area contributed by atoms with E-state index in [1.54, 1.807) is 0 Å². The molecule has 1 heterocycles. The highest BCUT2D eigenvalue weighted by atomic mass is 16.3. The first kappa shape index (κ1) is 14.8. The van der Waals surface area contributed by atoms with Crippen LogP contribution in [0, 0.1) is 6.92 Å². The molecule has 1 amide bonds. The lowest BCUT2D eigenvalue weighted by Crippen LogP contribution is -2.40. The zero-order chi connectivity index (χ0) is 15.5. The van der Waals surface area contributed by atoms with Crippen molar-refractivity contribution in [3.8, 4) is 11.1 Å². The number of carbonyl (C=O) groups excluding carboxylic acids is 1. The summed E-state index contributed by atoms with van der Waals surface area (Å²) in [7, 11) is 0. The average Bonchev–Trinajstić information content (AvgIpc) is 2.55. The fourth-order valence-electron chi connectivity index (χ4n) is 2.91. The molecular formula is C19H21NO2. The van der Waals surface area contributed by atoms with Gasteiger partial charge in [-0.15, -0.1) is 0 Å². The Morgan fingerprint density at radius 2 is 1.68 bits per heavy atom. The Morgan fingerprint density at radius 3 is 2.36 bits per heavy atom. The van der Waals surface area contributed by atoms with Crippen LogP contribution in [0.1, 0.15) is 28.8 Å². The molecule has 0 atom stereocenters. The summed E-state index contributed by atoms with van der Waals surface area (Å²) in [6.07, 6.45) is 1.08. The largest absolute Gasteiger partial charge is 0.393 e. The third-order valence-electron chi connectivity index (χ3n) is 4.21. The molecule has 0 saturated carbocycles. The van der Waals surface area contributed by atoms with Crippen LogP contribution in [0.15, 0.2) is 48.5 Å². The van der Waals surface area contributed by atoms with Crippen LogP contribution in [0.2, 0.25) is 0 Å². The van der Waals surface area contributed by atoms with Crippen molar-refractivity contribution < 1.29 is 9.90 Å². The second-order valence-corrected chi connectivity index (χ2v) is 5.97. The van der Waals surface area contributed by atoms with Gasteiger partial charge in [-0.05, 0) is 43.0 Å². The van der Waals surface area contributed by atoms with Crippen molar-refractivity contribution in [1.82, 2.24) is 4.90 Å². The van der Waals surface area contributed by atoms with Crippen LogP contribution in [0.4, 0.5) is 0 Å². The molecule has 2 aromatic rings. The van der Waals surface area contributed by atoms with Gasteiger partial charge in [-0.3, -0.25) is 4.79 Å². The number of amides is 1. The van der Waals surface area contributed by atoms with Crippen molar-refractivity contribution in [3.05, 3.63) is 59.7 Å². The summed E-state index contributed by atoms with van der Waals surface area (Å²) in [6.45, 7) is 3.33. The molecule has 1 N–H and O–H groups in total. The van der Waals surface area contributed by atoms with Crippen LogP contribution in [0.5, 0.6) is 0 Å². The topological polar surface area (TPSA) is 40.5 Å². The molecule has 0 bridgehead atoms. The molecule has 0 spiro atoms. The van der Waals surface area contributed by atoms with Crippen molar-refractivity contribution in [2.24, 2.45) is 0 Å². The Bertz CT molecular complexity index is 673. The van der Waals surface area contributed by atoms with Gasteiger partial charge in [0.2, 0.25) is 0 Å². The third-order valence-corrected chi connectivity index (χ3v) is 4.21. The van der Waals surface area contributed by atoms with Gasteiger partial charge in [0.1, 0.15) is 0 Å². The molecule has 3 nitrogen and oxygen atoms in total. The lowest BCUT2D eigenvalue weighted by Gasteiger charge is -2.29. The summed E-state index contributed by atoms with van der Waals surface area (Å²) in [6, 6.07) is 16.1. The lowest BCUT2D eigenvalue weighted by atomic mass is 10.0. The van der Waals surface area contributed by atoms with E-state index in [0.29, 0.717) is 25.9 Å².